The molecule has 11 heavy (non-hydrogen) atoms. The van der Waals surface area contributed by atoms with E-state index in [-0.39, 0.29) is 0 Å². The molecule has 62 valence electrons. The molecule has 0 radical (unpaired) electrons. The number of thioether (sulfide) groups is 2. The Balaban J connectivity index is 2.01. The Morgan fingerprint density at radius 3 is 2.64 bits per heavy atom. The predicted molar refractivity (Wildman–Crippen MR) is 55.3 cm³/mol. The van der Waals surface area contributed by atoms with Crippen LogP contribution in [0.4, 0.5) is 0 Å². The van der Waals surface area contributed by atoms with Gasteiger partial charge >= 0.3 is 0 Å². The summed E-state index contributed by atoms with van der Waals surface area (Å²) in [7, 11) is 0. The average molecular weight is 186 g/mol. The number of rotatable bonds is 0. The molecule has 0 saturated carbocycles. The van der Waals surface area contributed by atoms with E-state index in [9.17, 15) is 0 Å². The number of hydrogen-bond acceptors (Lipinski definition) is 2. The molecule has 0 unspecified atom stereocenters. The van der Waals surface area contributed by atoms with E-state index in [2.05, 4.69) is 36.5 Å². The van der Waals surface area contributed by atoms with Crippen molar-refractivity contribution in [1.29, 1.82) is 0 Å². The van der Waals surface area contributed by atoms with Crippen LogP contribution in [0.3, 0.4) is 0 Å². The maximum absolute atomic E-state index is 2.42. The standard InChI is InChI=1S/C9H14S2/c1-8-3-4-9(7-8)10-5-2-6-11-9/h3H,2,4-7H2,1H3. The van der Waals surface area contributed by atoms with Crippen LogP contribution >= 0.6 is 23.5 Å². The highest BCUT2D eigenvalue weighted by Gasteiger charge is 2.35. The van der Waals surface area contributed by atoms with Gasteiger partial charge in [-0.15, -0.1) is 23.5 Å². The molecular formula is C9H14S2. The molecule has 2 heteroatoms. The van der Waals surface area contributed by atoms with Gasteiger partial charge in [-0.1, -0.05) is 11.6 Å². The van der Waals surface area contributed by atoms with Gasteiger partial charge in [0.1, 0.15) is 0 Å². The molecule has 0 N–H and O–H groups in total. The zero-order chi connectivity index (χ0) is 7.73. The van der Waals surface area contributed by atoms with Crippen LogP contribution in [0, 0.1) is 0 Å². The molecule has 0 aromatic rings. The van der Waals surface area contributed by atoms with Crippen LogP contribution in [0.1, 0.15) is 26.2 Å². The summed E-state index contributed by atoms with van der Waals surface area (Å²) in [6.07, 6.45) is 6.48. The monoisotopic (exact) mass is 186 g/mol. The molecule has 1 aliphatic heterocycles. The second-order valence-corrected chi connectivity index (χ2v) is 6.61. The third-order valence-corrected chi connectivity index (χ3v) is 5.70. The van der Waals surface area contributed by atoms with E-state index in [0.717, 1.165) is 0 Å². The summed E-state index contributed by atoms with van der Waals surface area (Å²) in [4.78, 5) is 0. The smallest absolute Gasteiger partial charge is 0.0682 e. The van der Waals surface area contributed by atoms with Crippen molar-refractivity contribution < 1.29 is 0 Å². The van der Waals surface area contributed by atoms with Gasteiger partial charge in [-0.25, -0.2) is 0 Å². The minimum absolute atomic E-state index is 0.586. The highest BCUT2D eigenvalue weighted by Crippen LogP contribution is 2.52. The fraction of sp³-hybridized carbons (Fsp3) is 0.778. The third kappa shape index (κ3) is 1.62. The predicted octanol–water partition coefficient (Wildman–Crippen LogP) is 3.29. The van der Waals surface area contributed by atoms with Crippen molar-refractivity contribution in [2.75, 3.05) is 11.5 Å². The number of hydrogen-bond donors (Lipinski definition) is 0. The molecular weight excluding hydrogens is 172 g/mol. The summed E-state index contributed by atoms with van der Waals surface area (Å²) < 4.78 is 0.586. The molecule has 0 nitrogen and oxygen atoms in total. The summed E-state index contributed by atoms with van der Waals surface area (Å²) in [5.74, 6) is 2.77. The summed E-state index contributed by atoms with van der Waals surface area (Å²) >= 11 is 4.38. The molecule has 1 heterocycles. The number of allylic oxidation sites excluding steroid dienone is 2. The van der Waals surface area contributed by atoms with Crippen LogP contribution in [0.25, 0.3) is 0 Å². The van der Waals surface area contributed by atoms with E-state index in [1.165, 1.54) is 30.8 Å². The zero-order valence-corrected chi connectivity index (χ0v) is 8.56. The fourth-order valence-corrected chi connectivity index (χ4v) is 5.14. The van der Waals surface area contributed by atoms with Gasteiger partial charge in [0, 0.05) is 0 Å². The van der Waals surface area contributed by atoms with Crippen molar-refractivity contribution in [3.05, 3.63) is 11.6 Å². The van der Waals surface area contributed by atoms with E-state index < -0.39 is 0 Å². The van der Waals surface area contributed by atoms with Gasteiger partial charge in [0.2, 0.25) is 0 Å². The Labute approximate surface area is 77.2 Å². The van der Waals surface area contributed by atoms with Crippen molar-refractivity contribution in [2.45, 2.75) is 30.3 Å². The lowest BCUT2D eigenvalue weighted by Gasteiger charge is -2.32. The van der Waals surface area contributed by atoms with Gasteiger partial charge < -0.3 is 0 Å². The second-order valence-electron chi connectivity index (χ2n) is 3.39. The first-order valence-electron chi connectivity index (χ1n) is 4.24. The first-order valence-corrected chi connectivity index (χ1v) is 6.21. The fourth-order valence-electron chi connectivity index (χ4n) is 1.74. The summed E-state index contributed by atoms with van der Waals surface area (Å²) in [5, 5.41) is 0. The highest BCUT2D eigenvalue weighted by molar-refractivity contribution is 8.18. The lowest BCUT2D eigenvalue weighted by Crippen LogP contribution is -2.21. The molecule has 0 aromatic carbocycles. The maximum atomic E-state index is 2.42. The molecule has 1 spiro atoms. The topological polar surface area (TPSA) is 0 Å². The summed E-state index contributed by atoms with van der Waals surface area (Å²) in [6.45, 7) is 2.27. The largest absolute Gasteiger partial charge is 0.144 e. The normalized spacial score (nSPS) is 29.0. The summed E-state index contributed by atoms with van der Waals surface area (Å²) in [5.41, 5.74) is 1.60. The quantitative estimate of drug-likeness (QED) is 0.532. The Morgan fingerprint density at radius 1 is 1.36 bits per heavy atom. The minimum Gasteiger partial charge on any atom is -0.144 e. The van der Waals surface area contributed by atoms with Crippen LogP contribution in [-0.4, -0.2) is 15.6 Å². The molecule has 0 aromatic heterocycles. The Bertz CT molecular complexity index is 178. The first kappa shape index (κ1) is 8.06. The molecule has 0 bridgehead atoms. The molecule has 1 aliphatic carbocycles. The van der Waals surface area contributed by atoms with Gasteiger partial charge in [-0.2, -0.15) is 0 Å². The van der Waals surface area contributed by atoms with Crippen molar-refractivity contribution >= 4 is 23.5 Å². The molecule has 0 atom stereocenters. The summed E-state index contributed by atoms with van der Waals surface area (Å²) in [6, 6.07) is 0. The van der Waals surface area contributed by atoms with Gasteiger partial charge in [0.05, 0.1) is 4.08 Å². The highest BCUT2D eigenvalue weighted by atomic mass is 32.2. The Morgan fingerprint density at radius 2 is 2.09 bits per heavy atom. The van der Waals surface area contributed by atoms with Gasteiger partial charge in [-0.3, -0.25) is 0 Å². The van der Waals surface area contributed by atoms with E-state index in [1.807, 2.05) is 0 Å². The van der Waals surface area contributed by atoms with Gasteiger partial charge in [0.25, 0.3) is 0 Å². The third-order valence-electron chi connectivity index (χ3n) is 2.33. The average Bonchev–Trinajstić information content (AvgIpc) is 2.34. The Kier molecular flexibility index (Phi) is 2.24. The van der Waals surface area contributed by atoms with E-state index in [1.54, 1.807) is 5.57 Å². The van der Waals surface area contributed by atoms with E-state index >= 15 is 0 Å². The molecule has 1 fully saturated rings. The SMILES string of the molecule is CC1=CCC2(C1)SCCCS2. The van der Waals surface area contributed by atoms with E-state index in [4.69, 9.17) is 0 Å². The maximum Gasteiger partial charge on any atom is 0.0682 e. The van der Waals surface area contributed by atoms with Crippen molar-refractivity contribution in [3.63, 3.8) is 0 Å². The first-order chi connectivity index (χ1) is 5.31. The molecule has 2 rings (SSSR count). The lowest BCUT2D eigenvalue weighted by atomic mass is 10.3. The molecule has 1 saturated heterocycles. The van der Waals surface area contributed by atoms with Crippen LogP contribution in [0.15, 0.2) is 11.6 Å². The van der Waals surface area contributed by atoms with Crippen LogP contribution < -0.4 is 0 Å². The lowest BCUT2D eigenvalue weighted by molar-refractivity contribution is 0.845. The van der Waals surface area contributed by atoms with Crippen molar-refractivity contribution in [2.24, 2.45) is 0 Å². The van der Waals surface area contributed by atoms with E-state index in [0.29, 0.717) is 4.08 Å². The van der Waals surface area contributed by atoms with Crippen LogP contribution in [0.5, 0.6) is 0 Å². The van der Waals surface area contributed by atoms with Gasteiger partial charge in [-0.05, 0) is 37.7 Å². The second kappa shape index (κ2) is 3.06. The van der Waals surface area contributed by atoms with Crippen LogP contribution in [0.2, 0.25) is 0 Å². The van der Waals surface area contributed by atoms with Crippen molar-refractivity contribution in [1.82, 2.24) is 0 Å². The van der Waals surface area contributed by atoms with Crippen molar-refractivity contribution in [3.8, 4) is 0 Å². The van der Waals surface area contributed by atoms with Crippen LogP contribution in [-0.2, 0) is 0 Å². The molecule has 2 aliphatic rings. The zero-order valence-electron chi connectivity index (χ0n) is 6.93. The molecule has 0 amide bonds. The Hall–Kier alpha value is 0.440. The minimum atomic E-state index is 0.586. The van der Waals surface area contributed by atoms with Gasteiger partial charge in [0.15, 0.2) is 0 Å².